The summed E-state index contributed by atoms with van der Waals surface area (Å²) >= 11 is 6.42. The highest BCUT2D eigenvalue weighted by atomic mass is 35.5. The first-order valence-electron chi connectivity index (χ1n) is 13.6. The predicted molar refractivity (Wildman–Crippen MR) is 153 cm³/mol. The lowest BCUT2D eigenvalue weighted by Crippen LogP contribution is -2.44. The molecule has 2 aromatic heterocycles. The number of hydrogen-bond acceptors (Lipinski definition) is 8. The van der Waals surface area contributed by atoms with Crippen LogP contribution in [0.3, 0.4) is 0 Å². The minimum Gasteiger partial charge on any atom is -0.379 e. The molecule has 8 nitrogen and oxygen atoms in total. The molecule has 3 aliphatic heterocycles. The van der Waals surface area contributed by atoms with Crippen molar-refractivity contribution in [2.24, 2.45) is 0 Å². The normalized spacial score (nSPS) is 19.1. The number of anilines is 4. The molecule has 3 aliphatic rings. The van der Waals surface area contributed by atoms with E-state index in [0.717, 1.165) is 93.9 Å². The Balaban J connectivity index is 1.22. The average molecular weight is 534 g/mol. The van der Waals surface area contributed by atoms with Crippen LogP contribution in [0.25, 0.3) is 0 Å². The van der Waals surface area contributed by atoms with Crippen LogP contribution >= 0.6 is 11.6 Å². The van der Waals surface area contributed by atoms with Crippen LogP contribution in [0, 0.1) is 0 Å². The van der Waals surface area contributed by atoms with Crippen molar-refractivity contribution in [3.8, 4) is 0 Å². The van der Waals surface area contributed by atoms with Crippen molar-refractivity contribution in [2.45, 2.75) is 38.6 Å². The van der Waals surface area contributed by atoms with Gasteiger partial charge in [-0.1, -0.05) is 31.5 Å². The molecule has 0 aliphatic carbocycles. The molecule has 1 aromatic carbocycles. The topological polar surface area (TPSA) is 69.7 Å². The third-order valence-corrected chi connectivity index (χ3v) is 8.47. The zero-order valence-corrected chi connectivity index (χ0v) is 23.0. The highest BCUT2D eigenvalue weighted by Crippen LogP contribution is 2.41. The molecule has 0 bridgehead atoms. The first-order valence-corrected chi connectivity index (χ1v) is 14.0. The number of fused-ring (bicyclic) bond motifs is 2. The van der Waals surface area contributed by atoms with Crippen LogP contribution < -0.4 is 15.1 Å². The smallest absolute Gasteiger partial charge is 0.147 e. The lowest BCUT2D eigenvalue weighted by molar-refractivity contribution is 0.0391. The molecule has 200 valence electrons. The van der Waals surface area contributed by atoms with Crippen LogP contribution in [0.4, 0.5) is 23.0 Å². The fourth-order valence-electron chi connectivity index (χ4n) is 5.82. The largest absolute Gasteiger partial charge is 0.379 e. The Morgan fingerprint density at radius 2 is 1.89 bits per heavy atom. The number of benzene rings is 1. The summed E-state index contributed by atoms with van der Waals surface area (Å²) in [6.45, 7) is 13.1. The van der Waals surface area contributed by atoms with E-state index in [1.54, 1.807) is 12.5 Å². The fraction of sp³-hybridized carbons (Fsp3) is 0.483. The number of pyridine rings is 1. The summed E-state index contributed by atoms with van der Waals surface area (Å²) in [4.78, 5) is 21.0. The van der Waals surface area contributed by atoms with E-state index in [2.05, 4.69) is 67.0 Å². The number of hydrogen-bond donors (Lipinski definition) is 1. The molecule has 3 aromatic rings. The summed E-state index contributed by atoms with van der Waals surface area (Å²) in [5.74, 6) is 1.69. The molecule has 9 heteroatoms. The standard InChI is InChI=1S/C29H36ClN7O/c1-29(2)8-11-36(13-12-35-14-16-38-17-15-35)26-18-21(5-6-23(26)29)34-27-22-7-10-37(19-25(22)32-20-33-27)28-24(30)4-3-9-31-28/h3-6,9,18,20H,7-8,10-17,19H2,1-2H3,(H,32,33,34). The Morgan fingerprint density at radius 3 is 2.74 bits per heavy atom. The van der Waals surface area contributed by atoms with Gasteiger partial charge in [0.15, 0.2) is 0 Å². The number of rotatable bonds is 6. The van der Waals surface area contributed by atoms with Gasteiger partial charge in [-0.2, -0.15) is 0 Å². The highest BCUT2D eigenvalue weighted by molar-refractivity contribution is 6.32. The Hall–Kier alpha value is -2.94. The van der Waals surface area contributed by atoms with Crippen LogP contribution in [-0.2, 0) is 23.1 Å². The van der Waals surface area contributed by atoms with E-state index < -0.39 is 0 Å². The number of nitrogens with one attached hydrogen (secondary N) is 1. The second-order valence-electron chi connectivity index (χ2n) is 11.1. The Labute approximate surface area is 230 Å². The van der Waals surface area contributed by atoms with Crippen LogP contribution in [-0.4, -0.2) is 72.3 Å². The quantitative estimate of drug-likeness (QED) is 0.491. The number of morpholine rings is 1. The van der Waals surface area contributed by atoms with Crippen LogP contribution in [0.15, 0.2) is 42.9 Å². The summed E-state index contributed by atoms with van der Waals surface area (Å²) < 4.78 is 5.53. The summed E-state index contributed by atoms with van der Waals surface area (Å²) in [6.07, 6.45) is 5.42. The van der Waals surface area contributed by atoms with Crippen molar-refractivity contribution in [2.75, 3.05) is 67.6 Å². The van der Waals surface area contributed by atoms with Gasteiger partial charge in [0.05, 0.1) is 30.5 Å². The Kier molecular flexibility index (Phi) is 7.12. The van der Waals surface area contributed by atoms with Crippen molar-refractivity contribution in [3.63, 3.8) is 0 Å². The Morgan fingerprint density at radius 1 is 1.03 bits per heavy atom. The minimum atomic E-state index is 0.160. The van der Waals surface area contributed by atoms with Gasteiger partial charge >= 0.3 is 0 Å². The van der Waals surface area contributed by atoms with Crippen LogP contribution in [0.1, 0.15) is 37.1 Å². The number of ether oxygens (including phenoxy) is 1. The highest BCUT2D eigenvalue weighted by Gasteiger charge is 2.32. The van der Waals surface area contributed by atoms with Crippen molar-refractivity contribution < 1.29 is 4.74 Å². The summed E-state index contributed by atoms with van der Waals surface area (Å²) in [5.41, 5.74) is 6.16. The monoisotopic (exact) mass is 533 g/mol. The number of halogens is 1. The first kappa shape index (κ1) is 25.3. The van der Waals surface area contributed by atoms with Gasteiger partial charge in [0, 0.05) is 62.4 Å². The first-order chi connectivity index (χ1) is 18.5. The van der Waals surface area contributed by atoms with Crippen LogP contribution in [0.2, 0.25) is 5.02 Å². The molecular weight excluding hydrogens is 498 g/mol. The number of aromatic nitrogens is 3. The van der Waals surface area contributed by atoms with Gasteiger partial charge in [-0.15, -0.1) is 0 Å². The summed E-state index contributed by atoms with van der Waals surface area (Å²) in [5, 5.41) is 4.30. The van der Waals surface area contributed by atoms with E-state index in [1.807, 2.05) is 12.1 Å². The Bertz CT molecular complexity index is 1290. The maximum atomic E-state index is 6.42. The molecule has 6 rings (SSSR count). The lowest BCUT2D eigenvalue weighted by atomic mass is 9.77. The van der Waals surface area contributed by atoms with E-state index in [0.29, 0.717) is 11.6 Å². The van der Waals surface area contributed by atoms with Gasteiger partial charge in [-0.05, 0) is 48.1 Å². The van der Waals surface area contributed by atoms with Crippen molar-refractivity contribution in [1.29, 1.82) is 0 Å². The molecule has 1 saturated heterocycles. The van der Waals surface area contributed by atoms with Gasteiger partial charge in [0.2, 0.25) is 0 Å². The van der Waals surface area contributed by atoms with E-state index in [-0.39, 0.29) is 5.41 Å². The minimum absolute atomic E-state index is 0.160. The van der Waals surface area contributed by atoms with E-state index in [1.165, 1.54) is 11.3 Å². The maximum absolute atomic E-state index is 6.42. The second-order valence-corrected chi connectivity index (χ2v) is 11.5. The molecule has 0 amide bonds. The molecule has 0 radical (unpaired) electrons. The molecular formula is C29H36ClN7O. The third kappa shape index (κ3) is 5.17. The molecule has 38 heavy (non-hydrogen) atoms. The third-order valence-electron chi connectivity index (χ3n) is 8.17. The summed E-state index contributed by atoms with van der Waals surface area (Å²) in [6, 6.07) is 10.6. The van der Waals surface area contributed by atoms with E-state index >= 15 is 0 Å². The van der Waals surface area contributed by atoms with Gasteiger partial charge in [0.25, 0.3) is 0 Å². The van der Waals surface area contributed by atoms with E-state index in [9.17, 15) is 0 Å². The van der Waals surface area contributed by atoms with Crippen molar-refractivity contribution in [3.05, 3.63) is 64.7 Å². The fourth-order valence-corrected chi connectivity index (χ4v) is 6.06. The molecule has 0 spiro atoms. The second kappa shape index (κ2) is 10.7. The van der Waals surface area contributed by atoms with Crippen molar-refractivity contribution in [1.82, 2.24) is 19.9 Å². The van der Waals surface area contributed by atoms with Crippen LogP contribution in [0.5, 0.6) is 0 Å². The van der Waals surface area contributed by atoms with E-state index in [4.69, 9.17) is 16.3 Å². The molecule has 5 heterocycles. The zero-order valence-electron chi connectivity index (χ0n) is 22.3. The van der Waals surface area contributed by atoms with Gasteiger partial charge < -0.3 is 19.9 Å². The molecule has 0 atom stereocenters. The molecule has 0 unspecified atom stereocenters. The SMILES string of the molecule is CC1(C)CCN(CCN2CCOCC2)c2cc(Nc3ncnc4c3CCN(c3ncccc3Cl)C4)ccc21. The maximum Gasteiger partial charge on any atom is 0.147 e. The van der Waals surface area contributed by atoms with Crippen molar-refractivity contribution >= 4 is 34.6 Å². The molecule has 0 saturated carbocycles. The zero-order chi connectivity index (χ0) is 26.1. The summed E-state index contributed by atoms with van der Waals surface area (Å²) in [7, 11) is 0. The lowest BCUT2D eigenvalue weighted by Gasteiger charge is -2.41. The van der Waals surface area contributed by atoms with Gasteiger partial charge in [0.1, 0.15) is 18.0 Å². The average Bonchev–Trinajstić information content (AvgIpc) is 2.93. The predicted octanol–water partition coefficient (Wildman–Crippen LogP) is 4.65. The molecule has 1 fully saturated rings. The van der Waals surface area contributed by atoms with Gasteiger partial charge in [-0.25, -0.2) is 15.0 Å². The molecule has 1 N–H and O–H groups in total. The van der Waals surface area contributed by atoms with Gasteiger partial charge in [-0.3, -0.25) is 4.90 Å². The number of nitrogens with zero attached hydrogens (tertiary/aromatic N) is 6.